The lowest BCUT2D eigenvalue weighted by atomic mass is 9.34. The summed E-state index contributed by atoms with van der Waals surface area (Å²) in [7, 11) is 2.26. The van der Waals surface area contributed by atoms with Gasteiger partial charge in [-0.3, -0.25) is 0 Å². The van der Waals surface area contributed by atoms with Crippen LogP contribution in [0.1, 0.15) is 22.3 Å². The van der Waals surface area contributed by atoms with Gasteiger partial charge in [-0.25, -0.2) is 0 Å². The second-order valence-electron chi connectivity index (χ2n) is 17.2. The van der Waals surface area contributed by atoms with Crippen molar-refractivity contribution >= 4 is 90.4 Å². The molecule has 0 saturated carbocycles. The van der Waals surface area contributed by atoms with Crippen molar-refractivity contribution in [2.45, 2.75) is 27.7 Å². The first kappa shape index (κ1) is 39.1. The minimum atomic E-state index is -0.0283. The zero-order valence-electron chi connectivity index (χ0n) is 37.0. The molecular weight excluding hydrogens is 775 g/mol. The van der Waals surface area contributed by atoms with E-state index in [0.29, 0.717) is 0 Å². The minimum Gasteiger partial charge on any atom is -0.344 e. The Balaban J connectivity index is 1.20. The van der Waals surface area contributed by atoms with Crippen molar-refractivity contribution in [3.8, 4) is 5.69 Å². The van der Waals surface area contributed by atoms with E-state index in [1.54, 1.807) is 0 Å². The van der Waals surface area contributed by atoms with Crippen molar-refractivity contribution in [3.63, 3.8) is 0 Å². The van der Waals surface area contributed by atoms with Crippen LogP contribution in [0.2, 0.25) is 0 Å². The highest BCUT2D eigenvalue weighted by atomic mass is 15.2. The standard InChI is InChI=1S/C59H49BN4/c1-40-20-18-21-41(2)58(40)61(5)55-38-48(39-56-57(55)60(44-24-8-6-9-25-44)51-30-14-17-33-54(51)64(56)59-42(3)22-19-23-43(59)4)62(45-26-10-7-11-27-45)46-34-36-47(37-35-46)63-52-31-15-12-28-49(52)50-29-13-16-32-53(50)63/h6-39H,1-5H3. The van der Waals surface area contributed by atoms with Gasteiger partial charge in [-0.15, -0.1) is 0 Å². The van der Waals surface area contributed by atoms with E-state index in [2.05, 4.69) is 260 Å². The largest absolute Gasteiger partial charge is 0.344 e. The molecule has 4 nitrogen and oxygen atoms in total. The van der Waals surface area contributed by atoms with Gasteiger partial charge in [0.1, 0.15) is 0 Å². The first-order valence-electron chi connectivity index (χ1n) is 22.3. The van der Waals surface area contributed by atoms with Crippen molar-refractivity contribution in [1.82, 2.24) is 4.57 Å². The Bertz CT molecular complexity index is 3260. The average molecular weight is 825 g/mol. The van der Waals surface area contributed by atoms with Gasteiger partial charge in [0, 0.05) is 57.6 Å². The van der Waals surface area contributed by atoms with Crippen LogP contribution >= 0.6 is 0 Å². The number of benzene rings is 9. The van der Waals surface area contributed by atoms with Crippen LogP contribution in [0.3, 0.4) is 0 Å². The zero-order chi connectivity index (χ0) is 43.5. The van der Waals surface area contributed by atoms with Crippen LogP contribution in [0.25, 0.3) is 27.5 Å². The van der Waals surface area contributed by atoms with Crippen LogP contribution in [-0.4, -0.2) is 18.3 Å². The summed E-state index contributed by atoms with van der Waals surface area (Å²) >= 11 is 0. The molecule has 0 atom stereocenters. The van der Waals surface area contributed by atoms with Gasteiger partial charge in [0.25, 0.3) is 0 Å². The maximum atomic E-state index is 2.55. The van der Waals surface area contributed by atoms with Crippen molar-refractivity contribution in [1.29, 1.82) is 0 Å². The first-order valence-corrected chi connectivity index (χ1v) is 22.3. The molecule has 0 unspecified atom stereocenters. The highest BCUT2D eigenvalue weighted by Crippen LogP contribution is 2.47. The lowest BCUT2D eigenvalue weighted by molar-refractivity contribution is 1.15. The highest BCUT2D eigenvalue weighted by molar-refractivity contribution is 6.99. The number of fused-ring (bicyclic) bond motifs is 5. The summed E-state index contributed by atoms with van der Waals surface area (Å²) in [6, 6.07) is 75.7. The molecule has 308 valence electrons. The van der Waals surface area contributed by atoms with Crippen LogP contribution in [0.5, 0.6) is 0 Å². The van der Waals surface area contributed by atoms with Crippen molar-refractivity contribution in [2.75, 3.05) is 21.7 Å². The summed E-state index contributed by atoms with van der Waals surface area (Å²) in [6.45, 7) is 8.93. The Hall–Kier alpha value is -7.76. The van der Waals surface area contributed by atoms with E-state index in [9.17, 15) is 0 Å². The predicted octanol–water partition coefficient (Wildman–Crippen LogP) is 13.6. The van der Waals surface area contributed by atoms with Gasteiger partial charge in [-0.1, -0.05) is 145 Å². The molecule has 10 aromatic rings. The monoisotopic (exact) mass is 824 g/mol. The molecule has 0 radical (unpaired) electrons. The van der Waals surface area contributed by atoms with Gasteiger partial charge in [0.05, 0.1) is 22.4 Å². The van der Waals surface area contributed by atoms with Gasteiger partial charge in [-0.2, -0.15) is 0 Å². The smallest absolute Gasteiger partial charge is 0.249 e. The molecule has 1 aromatic heterocycles. The molecule has 0 amide bonds. The van der Waals surface area contributed by atoms with Gasteiger partial charge in [0.2, 0.25) is 6.71 Å². The van der Waals surface area contributed by atoms with Gasteiger partial charge < -0.3 is 19.3 Å². The molecule has 1 aliphatic heterocycles. The number of hydrogen-bond donors (Lipinski definition) is 0. The number of para-hydroxylation sites is 6. The van der Waals surface area contributed by atoms with E-state index in [1.807, 2.05) is 0 Å². The molecule has 1 aliphatic rings. The number of anilines is 8. The summed E-state index contributed by atoms with van der Waals surface area (Å²) in [5, 5.41) is 2.51. The number of nitrogens with zero attached hydrogens (tertiary/aromatic N) is 4. The number of aryl methyl sites for hydroxylation is 4. The topological polar surface area (TPSA) is 14.7 Å². The van der Waals surface area contributed by atoms with Gasteiger partial charge >= 0.3 is 0 Å². The minimum absolute atomic E-state index is 0.0283. The number of rotatable bonds is 8. The van der Waals surface area contributed by atoms with Crippen LogP contribution in [-0.2, 0) is 0 Å². The van der Waals surface area contributed by atoms with Crippen molar-refractivity contribution < 1.29 is 0 Å². The lowest BCUT2D eigenvalue weighted by Crippen LogP contribution is -2.58. The second kappa shape index (κ2) is 15.9. The molecule has 9 aromatic carbocycles. The molecule has 5 heteroatoms. The molecule has 0 bridgehead atoms. The van der Waals surface area contributed by atoms with Crippen LogP contribution < -0.4 is 31.1 Å². The molecule has 0 fully saturated rings. The molecule has 0 aliphatic carbocycles. The summed E-state index contributed by atoms with van der Waals surface area (Å²) in [4.78, 5) is 7.43. The maximum Gasteiger partial charge on any atom is 0.249 e. The highest BCUT2D eigenvalue weighted by Gasteiger charge is 2.39. The number of aromatic nitrogens is 1. The van der Waals surface area contributed by atoms with Gasteiger partial charge in [0.15, 0.2) is 0 Å². The van der Waals surface area contributed by atoms with E-state index in [0.717, 1.165) is 28.4 Å². The molecule has 64 heavy (non-hydrogen) atoms. The Kier molecular flexibility index (Phi) is 9.69. The van der Waals surface area contributed by atoms with Crippen LogP contribution in [0.4, 0.5) is 45.5 Å². The quantitative estimate of drug-likeness (QED) is 0.142. The third kappa shape index (κ3) is 6.38. The molecule has 0 saturated heterocycles. The molecule has 0 spiro atoms. The SMILES string of the molecule is Cc1cccc(C)c1N(C)c1cc(N(c2ccccc2)c2ccc(-n3c4ccccc4c4ccccc43)cc2)cc2c1B(c1ccccc1)c1ccccc1N2c1c(C)cccc1C. The zero-order valence-corrected chi connectivity index (χ0v) is 37.0. The third-order valence-corrected chi connectivity index (χ3v) is 13.3. The summed E-state index contributed by atoms with van der Waals surface area (Å²) in [5.74, 6) is 0. The van der Waals surface area contributed by atoms with E-state index in [4.69, 9.17) is 0 Å². The van der Waals surface area contributed by atoms with Crippen LogP contribution in [0.15, 0.2) is 206 Å². The fraction of sp³-hybridized carbons (Fsp3) is 0.0847. The molecular formula is C59H49BN4. The van der Waals surface area contributed by atoms with E-state index >= 15 is 0 Å². The Morgan fingerprint density at radius 2 is 0.969 bits per heavy atom. The normalized spacial score (nSPS) is 12.1. The fourth-order valence-corrected chi connectivity index (χ4v) is 10.5. The predicted molar refractivity (Wildman–Crippen MR) is 275 cm³/mol. The third-order valence-electron chi connectivity index (χ3n) is 13.3. The number of hydrogen-bond acceptors (Lipinski definition) is 3. The maximum absolute atomic E-state index is 2.55. The first-order chi connectivity index (χ1) is 31.4. The van der Waals surface area contributed by atoms with E-state index < -0.39 is 0 Å². The van der Waals surface area contributed by atoms with Gasteiger partial charge in [-0.05, 0) is 128 Å². The van der Waals surface area contributed by atoms with Crippen molar-refractivity contribution in [2.24, 2.45) is 0 Å². The summed E-state index contributed by atoms with van der Waals surface area (Å²) in [5.41, 5.74) is 21.5. The second-order valence-corrected chi connectivity index (χ2v) is 17.2. The van der Waals surface area contributed by atoms with E-state index in [-0.39, 0.29) is 6.71 Å². The lowest BCUT2D eigenvalue weighted by Gasteiger charge is -2.42. The average Bonchev–Trinajstić information content (AvgIpc) is 3.66. The van der Waals surface area contributed by atoms with Crippen molar-refractivity contribution in [3.05, 3.63) is 229 Å². The molecule has 0 N–H and O–H groups in total. The Morgan fingerprint density at radius 3 is 1.61 bits per heavy atom. The summed E-state index contributed by atoms with van der Waals surface area (Å²) < 4.78 is 2.39. The fourth-order valence-electron chi connectivity index (χ4n) is 10.5. The summed E-state index contributed by atoms with van der Waals surface area (Å²) in [6.07, 6.45) is 0. The Labute approximate surface area is 377 Å². The van der Waals surface area contributed by atoms with E-state index in [1.165, 1.54) is 83.2 Å². The molecule has 11 rings (SSSR count). The van der Waals surface area contributed by atoms with Crippen LogP contribution in [0, 0.1) is 27.7 Å². The molecule has 2 heterocycles. The Morgan fingerprint density at radius 1 is 0.438 bits per heavy atom.